The molecule has 2 rings (SSSR count). The summed E-state index contributed by atoms with van der Waals surface area (Å²) in [6.45, 7) is 0. The second-order valence-corrected chi connectivity index (χ2v) is 5.11. The van der Waals surface area contributed by atoms with E-state index in [1.807, 2.05) is 0 Å². The van der Waals surface area contributed by atoms with Crippen molar-refractivity contribution >= 4 is 12.3 Å². The van der Waals surface area contributed by atoms with Gasteiger partial charge in [0, 0.05) is 6.04 Å². The highest BCUT2D eigenvalue weighted by molar-refractivity contribution is 5.85. The largest absolute Gasteiger partial charge is 0.351 e. The predicted octanol–water partition coefficient (Wildman–Crippen LogP) is 2.06. The molecular weight excluding hydrogens is 259 g/mol. The molecule has 1 aliphatic rings. The molecule has 1 fully saturated rings. The lowest BCUT2D eigenvalue weighted by molar-refractivity contribution is -0.126. The van der Waals surface area contributed by atoms with E-state index in [4.69, 9.17) is 0 Å². The molecule has 1 aromatic carbocycles. The van der Waals surface area contributed by atoms with Crippen molar-refractivity contribution < 1.29 is 14.0 Å². The minimum atomic E-state index is -0.768. The number of rotatable bonds is 5. The van der Waals surface area contributed by atoms with Gasteiger partial charge in [-0.3, -0.25) is 9.59 Å². The Morgan fingerprint density at radius 3 is 2.45 bits per heavy atom. The summed E-state index contributed by atoms with van der Waals surface area (Å²) in [6, 6.07) is 4.99. The fourth-order valence-corrected chi connectivity index (χ4v) is 2.58. The molecule has 1 aliphatic carbocycles. The Labute approximate surface area is 117 Å². The van der Waals surface area contributed by atoms with E-state index >= 15 is 0 Å². The average molecular weight is 278 g/mol. The van der Waals surface area contributed by atoms with Crippen LogP contribution in [-0.4, -0.2) is 18.4 Å². The van der Waals surface area contributed by atoms with Crippen LogP contribution in [0, 0.1) is 5.82 Å². The van der Waals surface area contributed by atoms with Crippen LogP contribution in [0.4, 0.5) is 4.39 Å². The van der Waals surface area contributed by atoms with Crippen LogP contribution >= 0.6 is 0 Å². The molecule has 1 unspecified atom stereocenters. The van der Waals surface area contributed by atoms with Crippen LogP contribution in [-0.2, 0) is 9.59 Å². The van der Waals surface area contributed by atoms with Gasteiger partial charge in [-0.25, -0.2) is 4.39 Å². The average Bonchev–Trinajstić information content (AvgIpc) is 2.47. The second-order valence-electron chi connectivity index (χ2n) is 5.11. The lowest BCUT2D eigenvalue weighted by Crippen LogP contribution is -2.43. The Morgan fingerprint density at radius 1 is 1.20 bits per heavy atom. The van der Waals surface area contributed by atoms with Gasteiger partial charge in [-0.1, -0.05) is 31.4 Å². The van der Waals surface area contributed by atoms with Crippen LogP contribution < -0.4 is 10.6 Å². The fourth-order valence-electron chi connectivity index (χ4n) is 2.58. The van der Waals surface area contributed by atoms with Crippen LogP contribution in [0.15, 0.2) is 24.3 Å². The highest BCUT2D eigenvalue weighted by atomic mass is 19.1. The third-order valence-corrected chi connectivity index (χ3v) is 3.65. The van der Waals surface area contributed by atoms with Crippen molar-refractivity contribution in [1.29, 1.82) is 0 Å². The first-order chi connectivity index (χ1) is 9.70. The molecule has 108 valence electrons. The minimum Gasteiger partial charge on any atom is -0.351 e. The maximum absolute atomic E-state index is 12.9. The zero-order valence-electron chi connectivity index (χ0n) is 11.3. The highest BCUT2D eigenvalue weighted by Gasteiger charge is 2.23. The van der Waals surface area contributed by atoms with E-state index < -0.39 is 6.04 Å². The number of halogens is 1. The summed E-state index contributed by atoms with van der Waals surface area (Å²) in [4.78, 5) is 22.9. The number of carbonyl (C=O) groups is 2. The first-order valence-electron chi connectivity index (χ1n) is 6.96. The molecule has 0 radical (unpaired) electrons. The van der Waals surface area contributed by atoms with Crippen molar-refractivity contribution in [1.82, 2.24) is 10.6 Å². The molecule has 2 amide bonds. The van der Waals surface area contributed by atoms with Gasteiger partial charge in [-0.05, 0) is 30.5 Å². The number of nitrogens with one attached hydrogen (secondary N) is 2. The highest BCUT2D eigenvalue weighted by Crippen LogP contribution is 2.19. The summed E-state index contributed by atoms with van der Waals surface area (Å²) < 4.78 is 12.9. The van der Waals surface area contributed by atoms with Crippen molar-refractivity contribution in [3.63, 3.8) is 0 Å². The Bertz CT molecular complexity index is 455. The van der Waals surface area contributed by atoms with Crippen LogP contribution in [0.2, 0.25) is 0 Å². The number of hydrogen-bond acceptors (Lipinski definition) is 2. The van der Waals surface area contributed by atoms with Gasteiger partial charge in [0.15, 0.2) is 0 Å². The lowest BCUT2D eigenvalue weighted by Gasteiger charge is -2.25. The van der Waals surface area contributed by atoms with Gasteiger partial charge in [0.1, 0.15) is 11.9 Å². The summed E-state index contributed by atoms with van der Waals surface area (Å²) in [6.07, 6.45) is 5.89. The Morgan fingerprint density at radius 2 is 1.85 bits per heavy atom. The normalized spacial score (nSPS) is 17.2. The smallest absolute Gasteiger partial charge is 0.247 e. The molecule has 0 bridgehead atoms. The van der Waals surface area contributed by atoms with E-state index in [0.717, 1.165) is 25.7 Å². The van der Waals surface area contributed by atoms with Gasteiger partial charge >= 0.3 is 0 Å². The lowest BCUT2D eigenvalue weighted by atomic mass is 9.95. The van der Waals surface area contributed by atoms with Crippen molar-refractivity contribution in [2.75, 3.05) is 0 Å². The number of benzene rings is 1. The first-order valence-corrected chi connectivity index (χ1v) is 6.96. The Balaban J connectivity index is 2.04. The van der Waals surface area contributed by atoms with E-state index in [2.05, 4.69) is 10.6 Å². The monoisotopic (exact) mass is 278 g/mol. The SMILES string of the molecule is O=CNC(C(=O)NC1CCCCC1)c1ccc(F)cc1. The summed E-state index contributed by atoms with van der Waals surface area (Å²) in [7, 11) is 0. The fraction of sp³-hybridized carbons (Fsp3) is 0.467. The van der Waals surface area contributed by atoms with E-state index in [-0.39, 0.29) is 17.8 Å². The second kappa shape index (κ2) is 7.03. The van der Waals surface area contributed by atoms with Gasteiger partial charge in [0.05, 0.1) is 0 Å². The third kappa shape index (κ3) is 3.79. The zero-order valence-corrected chi connectivity index (χ0v) is 11.3. The van der Waals surface area contributed by atoms with E-state index in [1.54, 1.807) is 0 Å². The molecule has 5 heteroatoms. The Kier molecular flexibility index (Phi) is 5.09. The van der Waals surface area contributed by atoms with E-state index in [9.17, 15) is 14.0 Å². The molecule has 0 spiro atoms. The molecule has 0 saturated heterocycles. The maximum Gasteiger partial charge on any atom is 0.247 e. The van der Waals surface area contributed by atoms with Crippen LogP contribution in [0.5, 0.6) is 0 Å². The van der Waals surface area contributed by atoms with Crippen LogP contribution in [0.3, 0.4) is 0 Å². The molecule has 1 atom stereocenters. The molecule has 0 heterocycles. The van der Waals surface area contributed by atoms with Crippen LogP contribution in [0.1, 0.15) is 43.7 Å². The maximum atomic E-state index is 12.9. The summed E-state index contributed by atoms with van der Waals surface area (Å²) in [5.74, 6) is -0.609. The molecule has 0 aliphatic heterocycles. The van der Waals surface area contributed by atoms with Crippen molar-refractivity contribution in [3.05, 3.63) is 35.6 Å². The van der Waals surface area contributed by atoms with E-state index in [0.29, 0.717) is 12.0 Å². The van der Waals surface area contributed by atoms with Gasteiger partial charge in [-0.15, -0.1) is 0 Å². The van der Waals surface area contributed by atoms with Crippen molar-refractivity contribution in [2.45, 2.75) is 44.2 Å². The van der Waals surface area contributed by atoms with Crippen molar-refractivity contribution in [3.8, 4) is 0 Å². The third-order valence-electron chi connectivity index (χ3n) is 3.65. The molecule has 20 heavy (non-hydrogen) atoms. The molecule has 1 aromatic rings. The summed E-state index contributed by atoms with van der Waals surface area (Å²) in [5.41, 5.74) is 0.576. The molecule has 0 aromatic heterocycles. The zero-order chi connectivity index (χ0) is 14.4. The standard InChI is InChI=1S/C15H19FN2O2/c16-12-8-6-11(7-9-12)14(17-10-19)15(20)18-13-4-2-1-3-5-13/h6-10,13-14H,1-5H2,(H,17,19)(H,18,20). The summed E-state index contributed by atoms with van der Waals surface area (Å²) >= 11 is 0. The molecule has 2 N–H and O–H groups in total. The van der Waals surface area contributed by atoms with Gasteiger partial charge in [0.2, 0.25) is 12.3 Å². The number of amides is 2. The summed E-state index contributed by atoms with van der Waals surface area (Å²) in [5, 5.41) is 5.46. The Hall–Kier alpha value is -1.91. The topological polar surface area (TPSA) is 58.2 Å². The van der Waals surface area contributed by atoms with Gasteiger partial charge in [0.25, 0.3) is 0 Å². The molecule has 1 saturated carbocycles. The minimum absolute atomic E-state index is 0.174. The van der Waals surface area contributed by atoms with Gasteiger partial charge < -0.3 is 10.6 Å². The molecule has 4 nitrogen and oxygen atoms in total. The quantitative estimate of drug-likeness (QED) is 0.810. The van der Waals surface area contributed by atoms with E-state index in [1.165, 1.54) is 30.7 Å². The number of carbonyl (C=O) groups excluding carboxylic acids is 2. The predicted molar refractivity (Wildman–Crippen MR) is 73.4 cm³/mol. The van der Waals surface area contributed by atoms with Crippen molar-refractivity contribution in [2.24, 2.45) is 0 Å². The first kappa shape index (κ1) is 14.5. The number of hydrogen-bond donors (Lipinski definition) is 2. The van der Waals surface area contributed by atoms with Crippen LogP contribution in [0.25, 0.3) is 0 Å². The van der Waals surface area contributed by atoms with Gasteiger partial charge in [-0.2, -0.15) is 0 Å². The molecular formula is C15H19FN2O2.